The number of benzene rings is 1. The molecule has 1 heterocycles. The van der Waals surface area contributed by atoms with Gasteiger partial charge in [-0.15, -0.1) is 0 Å². The van der Waals surface area contributed by atoms with Crippen molar-refractivity contribution in [2.75, 3.05) is 26.4 Å². The van der Waals surface area contributed by atoms with Crippen molar-refractivity contribution >= 4 is 23.8 Å². The maximum absolute atomic E-state index is 13.6. The number of nitrogens with one attached hydrogen (secondary N) is 1. The molecule has 1 amide bonds. The zero-order chi connectivity index (χ0) is 47.3. The number of carbonyl (C=O) groups is 4. The van der Waals surface area contributed by atoms with Crippen LogP contribution in [0.5, 0.6) is 0 Å². The van der Waals surface area contributed by atoms with Crippen LogP contribution in [0.1, 0.15) is 191 Å². The van der Waals surface area contributed by atoms with Crippen LogP contribution in [-0.2, 0) is 38.1 Å². The van der Waals surface area contributed by atoms with Crippen molar-refractivity contribution in [2.45, 2.75) is 224 Å². The minimum Gasteiger partial charge on any atom is -0.480 e. The number of aliphatic hydroxyl groups is 2. The normalized spacial score (nSPS) is 19.5. The third-order valence-corrected chi connectivity index (χ3v) is 11.8. The molecular weight excluding hydrogens is 835 g/mol. The van der Waals surface area contributed by atoms with Crippen LogP contribution in [0, 0.1) is 0 Å². The molecule has 0 unspecified atom stereocenters. The predicted molar refractivity (Wildman–Crippen MR) is 251 cm³/mol. The number of aliphatic carboxylic acids is 2. The number of aliphatic hydroxyl groups excluding tert-OH is 2. The minimum absolute atomic E-state index is 0.239. The number of ether oxygens (including phenoxy) is 5. The van der Waals surface area contributed by atoms with Crippen LogP contribution >= 0.6 is 0 Å². The van der Waals surface area contributed by atoms with Crippen LogP contribution < -0.4 is 5.32 Å². The summed E-state index contributed by atoms with van der Waals surface area (Å²) in [5.74, 6) is -3.47. The molecule has 14 heteroatoms. The lowest BCUT2D eigenvalue weighted by atomic mass is 9.99. The first-order valence-electron chi connectivity index (χ1n) is 25.0. The molecule has 65 heavy (non-hydrogen) atoms. The minimum atomic E-state index is -1.74. The lowest BCUT2D eigenvalue weighted by molar-refractivity contribution is -0.309. The van der Waals surface area contributed by atoms with E-state index < -0.39 is 80.6 Å². The molecular formula is C51H85NO13. The van der Waals surface area contributed by atoms with E-state index in [9.17, 15) is 34.5 Å². The van der Waals surface area contributed by atoms with Gasteiger partial charge in [0.05, 0.1) is 24.8 Å². The summed E-state index contributed by atoms with van der Waals surface area (Å²) in [6.07, 6.45) is 24.6. The summed E-state index contributed by atoms with van der Waals surface area (Å²) in [5.41, 5.74) is 0.319. The Morgan fingerprint density at radius 3 is 1.69 bits per heavy atom. The molecule has 5 N–H and O–H groups in total. The average molecular weight is 920 g/mol. The van der Waals surface area contributed by atoms with E-state index in [2.05, 4.69) is 19.2 Å². The number of carboxylic acids is 2. The maximum atomic E-state index is 13.6. The van der Waals surface area contributed by atoms with Crippen LogP contribution in [0.4, 0.5) is 0 Å². The van der Waals surface area contributed by atoms with Gasteiger partial charge in [-0.2, -0.15) is 0 Å². The van der Waals surface area contributed by atoms with Crippen LogP contribution in [0.25, 0.3) is 0 Å². The van der Waals surface area contributed by atoms with Crippen LogP contribution in [-0.4, -0.2) is 114 Å². The highest BCUT2D eigenvalue weighted by Crippen LogP contribution is 2.26. The van der Waals surface area contributed by atoms with E-state index in [0.29, 0.717) is 12.0 Å². The molecule has 0 bridgehead atoms. The van der Waals surface area contributed by atoms with Crippen molar-refractivity contribution in [3.63, 3.8) is 0 Å². The van der Waals surface area contributed by atoms with Crippen molar-refractivity contribution < 1.29 is 63.3 Å². The van der Waals surface area contributed by atoms with E-state index in [4.69, 9.17) is 28.8 Å². The zero-order valence-corrected chi connectivity index (χ0v) is 39.8. The molecule has 1 aliphatic rings. The first-order valence-corrected chi connectivity index (χ1v) is 25.0. The highest BCUT2D eigenvalue weighted by Gasteiger charge is 2.46. The Labute approximate surface area is 389 Å². The van der Waals surface area contributed by atoms with Gasteiger partial charge in [-0.3, -0.25) is 4.79 Å². The predicted octanol–water partition coefficient (Wildman–Crippen LogP) is 9.47. The van der Waals surface area contributed by atoms with Gasteiger partial charge in [0.1, 0.15) is 43.7 Å². The number of hydrogen-bond acceptors (Lipinski definition) is 11. The molecule has 0 spiro atoms. The summed E-state index contributed by atoms with van der Waals surface area (Å²) in [7, 11) is 0. The van der Waals surface area contributed by atoms with Gasteiger partial charge < -0.3 is 49.4 Å². The van der Waals surface area contributed by atoms with Gasteiger partial charge in [0.2, 0.25) is 5.91 Å². The lowest BCUT2D eigenvalue weighted by Gasteiger charge is -2.42. The van der Waals surface area contributed by atoms with Crippen LogP contribution in [0.15, 0.2) is 42.5 Å². The second-order valence-electron chi connectivity index (χ2n) is 17.6. The molecule has 2 rings (SSSR count). The number of allylic oxidation sites excluding steroid dienone is 1. The fourth-order valence-electron chi connectivity index (χ4n) is 7.99. The van der Waals surface area contributed by atoms with Crippen molar-refractivity contribution in [3.8, 4) is 0 Å². The molecule has 0 aliphatic carbocycles. The summed E-state index contributed by atoms with van der Waals surface area (Å²) < 4.78 is 28.5. The molecule has 0 aromatic heterocycles. The van der Waals surface area contributed by atoms with E-state index in [-0.39, 0.29) is 18.9 Å². The summed E-state index contributed by atoms with van der Waals surface area (Å²) in [6.45, 7) is 2.16. The van der Waals surface area contributed by atoms with Crippen LogP contribution in [0.2, 0.25) is 0 Å². The fourth-order valence-corrected chi connectivity index (χ4v) is 7.99. The highest BCUT2D eigenvalue weighted by molar-refractivity contribution is 5.89. The van der Waals surface area contributed by atoms with Gasteiger partial charge in [0.15, 0.2) is 6.29 Å². The van der Waals surface area contributed by atoms with Crippen LogP contribution in [0.3, 0.4) is 0 Å². The Balaban J connectivity index is 2.15. The second-order valence-corrected chi connectivity index (χ2v) is 17.6. The quantitative estimate of drug-likeness (QED) is 0.0236. The van der Waals surface area contributed by atoms with E-state index >= 15 is 0 Å². The molecule has 1 aliphatic heterocycles. The standard InChI is InChI=1S/C51H85NO13/c1-3-5-7-9-11-13-15-17-19-21-23-25-30-34-42(64-50(60)40-32-28-27-29-33-40)41(52-44(53)35-31-26-24-22-20-18-16-14-12-10-8-6-4-2)36-63-51-48(59)47(58)49(62-39-46(56)57)43(65-51)37-61-38-45(54)55/h27-30,32-34,41-43,47-49,51,58-59H,3-26,31,35-39H2,1-2H3,(H,52,53)(H,54,55)(H,56,57)/t41-,42+,43+,47+,48+,49-,51-/m0/s1. The van der Waals surface area contributed by atoms with Gasteiger partial charge in [-0.1, -0.05) is 179 Å². The van der Waals surface area contributed by atoms with E-state index in [1.807, 2.05) is 6.08 Å². The van der Waals surface area contributed by atoms with Gasteiger partial charge in [0, 0.05) is 6.42 Å². The highest BCUT2D eigenvalue weighted by atomic mass is 16.7. The number of esters is 1. The Bertz CT molecular complexity index is 1410. The third kappa shape index (κ3) is 27.7. The van der Waals surface area contributed by atoms with Gasteiger partial charge in [-0.25, -0.2) is 14.4 Å². The van der Waals surface area contributed by atoms with Crippen molar-refractivity contribution in [3.05, 3.63) is 48.0 Å². The first kappa shape index (κ1) is 57.7. The Morgan fingerprint density at radius 2 is 1.17 bits per heavy atom. The van der Waals surface area contributed by atoms with Crippen molar-refractivity contribution in [2.24, 2.45) is 0 Å². The molecule has 1 fully saturated rings. The number of amides is 1. The molecule has 372 valence electrons. The van der Waals surface area contributed by atoms with Gasteiger partial charge >= 0.3 is 17.9 Å². The largest absolute Gasteiger partial charge is 0.480 e. The summed E-state index contributed by atoms with van der Waals surface area (Å²) in [6, 6.07) is 7.55. The van der Waals surface area contributed by atoms with Crippen molar-refractivity contribution in [1.82, 2.24) is 5.32 Å². The smallest absolute Gasteiger partial charge is 0.338 e. The maximum Gasteiger partial charge on any atom is 0.338 e. The summed E-state index contributed by atoms with van der Waals surface area (Å²) in [4.78, 5) is 49.5. The van der Waals surface area contributed by atoms with E-state index in [1.165, 1.54) is 109 Å². The number of unbranched alkanes of at least 4 members (excludes halogenated alkanes) is 23. The zero-order valence-electron chi connectivity index (χ0n) is 39.8. The summed E-state index contributed by atoms with van der Waals surface area (Å²) in [5, 5.41) is 43.5. The Morgan fingerprint density at radius 1 is 0.662 bits per heavy atom. The summed E-state index contributed by atoms with van der Waals surface area (Å²) >= 11 is 0. The third-order valence-electron chi connectivity index (χ3n) is 11.8. The molecule has 1 aromatic rings. The molecule has 0 saturated carbocycles. The van der Waals surface area contributed by atoms with Crippen molar-refractivity contribution in [1.29, 1.82) is 0 Å². The topological polar surface area (TPSA) is 207 Å². The first-order chi connectivity index (χ1) is 31.6. The number of hydrogen-bond donors (Lipinski definition) is 5. The lowest BCUT2D eigenvalue weighted by Crippen LogP contribution is -2.61. The SMILES string of the molecule is CCCCCCCCCCCCCC=C[C@@H](OC(=O)c1ccccc1)[C@H](CO[C@H]1O[C@H](COCC(=O)O)[C@H](OCC(=O)O)[C@H](O)[C@H]1O)NC(=O)CCCCCCCCCCCCCCC. The molecule has 1 saturated heterocycles. The molecule has 0 radical (unpaired) electrons. The van der Waals surface area contributed by atoms with Gasteiger partial charge in [-0.05, 0) is 37.5 Å². The monoisotopic (exact) mass is 920 g/mol. The van der Waals surface area contributed by atoms with E-state index in [0.717, 1.165) is 44.9 Å². The molecule has 1 aromatic carbocycles. The number of rotatable bonds is 41. The number of carboxylic acid groups (broad SMARTS) is 2. The Hall–Kier alpha value is -3.40. The second kappa shape index (κ2) is 37.7. The molecule has 7 atom stereocenters. The average Bonchev–Trinajstić information content (AvgIpc) is 3.29. The number of carbonyl (C=O) groups excluding carboxylic acids is 2. The molecule has 14 nitrogen and oxygen atoms in total. The van der Waals surface area contributed by atoms with Gasteiger partial charge in [0.25, 0.3) is 0 Å². The fraction of sp³-hybridized carbons (Fsp3) is 0.765. The Kier molecular flexibility index (Phi) is 33.4. The van der Waals surface area contributed by atoms with E-state index in [1.54, 1.807) is 36.4 Å².